The fourth-order valence-corrected chi connectivity index (χ4v) is 3.23. The third kappa shape index (κ3) is 4.88. The first-order chi connectivity index (χ1) is 17.0. The summed E-state index contributed by atoms with van der Waals surface area (Å²) >= 11 is 0. The lowest BCUT2D eigenvalue weighted by Crippen LogP contribution is -2.19. The monoisotopic (exact) mass is 478 g/mol. The average Bonchev–Trinajstić information content (AvgIpc) is 3.50. The van der Waals surface area contributed by atoms with Crippen molar-refractivity contribution in [1.82, 2.24) is 30.7 Å². The Kier molecular flexibility index (Phi) is 6.86. The van der Waals surface area contributed by atoms with Crippen molar-refractivity contribution in [2.24, 2.45) is 5.10 Å². The fraction of sp³-hybridized carbons (Fsp3) is 0.182. The first-order valence-electron chi connectivity index (χ1n) is 10.4. The summed E-state index contributed by atoms with van der Waals surface area (Å²) in [5.41, 5.74) is 9.74. The Bertz CT molecular complexity index is 1360. The van der Waals surface area contributed by atoms with Crippen LogP contribution >= 0.6 is 0 Å². The molecule has 0 spiro atoms. The van der Waals surface area contributed by atoms with Gasteiger partial charge in [-0.2, -0.15) is 9.78 Å². The summed E-state index contributed by atoms with van der Waals surface area (Å²) < 4.78 is 22.1. The zero-order valence-corrected chi connectivity index (χ0v) is 19.1. The Hall–Kier alpha value is -4.94. The van der Waals surface area contributed by atoms with E-state index in [4.69, 9.17) is 24.6 Å². The number of nitrogen functional groups attached to an aromatic ring is 1. The maximum absolute atomic E-state index is 13.1. The zero-order chi connectivity index (χ0) is 24.8. The van der Waals surface area contributed by atoms with E-state index in [1.54, 1.807) is 49.6 Å². The van der Waals surface area contributed by atoms with E-state index >= 15 is 0 Å². The lowest BCUT2D eigenvalue weighted by Gasteiger charge is -2.08. The molecular weight excluding hydrogens is 456 g/mol. The molecule has 0 saturated carbocycles. The molecule has 0 radical (unpaired) electrons. The van der Waals surface area contributed by atoms with E-state index in [0.29, 0.717) is 40.7 Å². The van der Waals surface area contributed by atoms with Crippen molar-refractivity contribution in [2.45, 2.75) is 6.92 Å². The van der Waals surface area contributed by atoms with Gasteiger partial charge >= 0.3 is 0 Å². The maximum Gasteiger partial charge on any atom is 0.294 e. The van der Waals surface area contributed by atoms with E-state index in [1.807, 2.05) is 6.92 Å². The van der Waals surface area contributed by atoms with Crippen LogP contribution < -0.4 is 25.4 Å². The van der Waals surface area contributed by atoms with E-state index < -0.39 is 5.91 Å². The highest BCUT2D eigenvalue weighted by Crippen LogP contribution is 2.29. The minimum Gasteiger partial charge on any atom is -0.497 e. The number of carbonyl (C=O) groups is 1. The van der Waals surface area contributed by atoms with Crippen molar-refractivity contribution in [3.05, 3.63) is 53.7 Å². The Balaban J connectivity index is 1.69. The summed E-state index contributed by atoms with van der Waals surface area (Å²) in [5, 5.41) is 19.5. The number of hydrogen-bond donors (Lipinski definition) is 2. The molecule has 0 aliphatic carbocycles. The molecule has 0 aliphatic rings. The molecule has 13 heteroatoms. The molecule has 2 aromatic heterocycles. The highest BCUT2D eigenvalue weighted by molar-refractivity contribution is 5.99. The molecule has 0 unspecified atom stereocenters. The van der Waals surface area contributed by atoms with Crippen LogP contribution in [0.2, 0.25) is 0 Å². The van der Waals surface area contributed by atoms with Crippen molar-refractivity contribution < 1.29 is 23.6 Å². The Morgan fingerprint density at radius 1 is 1.17 bits per heavy atom. The van der Waals surface area contributed by atoms with Crippen LogP contribution in [0.5, 0.6) is 17.2 Å². The van der Waals surface area contributed by atoms with Crippen LogP contribution in [0.3, 0.4) is 0 Å². The van der Waals surface area contributed by atoms with Gasteiger partial charge in [-0.15, -0.1) is 5.10 Å². The molecule has 0 atom stereocenters. The molecular formula is C22H22N8O5. The summed E-state index contributed by atoms with van der Waals surface area (Å²) in [4.78, 5) is 13.1. The number of nitrogens with two attached hydrogens (primary N) is 1. The summed E-state index contributed by atoms with van der Waals surface area (Å²) in [6.07, 6.45) is 1.43. The van der Waals surface area contributed by atoms with E-state index in [9.17, 15) is 4.79 Å². The number of aromatic nitrogens is 5. The standard InChI is InChI=1S/C22H22N8O5/c1-4-34-16-7-5-6-13(10-16)19-18(25-29-30(19)21-20(23)27-35-28-21)22(31)26-24-12-14-11-15(32-2)8-9-17(14)33-3/h5-12H,4H2,1-3H3,(H2,23,27)(H,26,31)/b24-12-. The van der Waals surface area contributed by atoms with Crippen molar-refractivity contribution in [3.8, 4) is 34.3 Å². The predicted octanol–water partition coefficient (Wildman–Crippen LogP) is 2.08. The smallest absolute Gasteiger partial charge is 0.294 e. The number of methoxy groups -OCH3 is 2. The predicted molar refractivity (Wildman–Crippen MR) is 125 cm³/mol. The highest BCUT2D eigenvalue weighted by Gasteiger charge is 2.25. The first kappa shape index (κ1) is 23.2. The fourth-order valence-electron chi connectivity index (χ4n) is 3.23. The Morgan fingerprint density at radius 3 is 2.74 bits per heavy atom. The second-order valence-electron chi connectivity index (χ2n) is 6.94. The van der Waals surface area contributed by atoms with Gasteiger partial charge in [0.25, 0.3) is 5.91 Å². The lowest BCUT2D eigenvalue weighted by molar-refractivity contribution is 0.0950. The minimum absolute atomic E-state index is 0.0211. The van der Waals surface area contributed by atoms with E-state index in [0.717, 1.165) is 0 Å². The van der Waals surface area contributed by atoms with Crippen LogP contribution in [0.15, 0.2) is 52.2 Å². The normalized spacial score (nSPS) is 10.9. The molecule has 0 saturated heterocycles. The molecule has 180 valence electrons. The van der Waals surface area contributed by atoms with E-state index in [1.165, 1.54) is 18.0 Å². The number of anilines is 1. The van der Waals surface area contributed by atoms with Gasteiger partial charge in [-0.05, 0) is 47.6 Å². The molecule has 4 aromatic rings. The summed E-state index contributed by atoms with van der Waals surface area (Å²) in [6.45, 7) is 2.34. The third-order valence-corrected chi connectivity index (χ3v) is 4.81. The molecule has 4 rings (SSSR count). The van der Waals surface area contributed by atoms with Crippen LogP contribution in [0.1, 0.15) is 23.0 Å². The Morgan fingerprint density at radius 2 is 2.03 bits per heavy atom. The van der Waals surface area contributed by atoms with Crippen LogP contribution in [-0.2, 0) is 0 Å². The van der Waals surface area contributed by atoms with E-state index in [-0.39, 0.29) is 17.3 Å². The molecule has 13 nitrogen and oxygen atoms in total. The SMILES string of the molecule is CCOc1cccc(-c2c(C(=O)N/N=C\c3cc(OC)ccc3OC)nnn2-c2nonc2N)c1. The van der Waals surface area contributed by atoms with Gasteiger partial charge in [0.2, 0.25) is 11.6 Å². The molecule has 1 amide bonds. The van der Waals surface area contributed by atoms with Gasteiger partial charge in [0, 0.05) is 11.1 Å². The van der Waals surface area contributed by atoms with Crippen LogP contribution in [0.25, 0.3) is 17.1 Å². The molecule has 35 heavy (non-hydrogen) atoms. The number of rotatable bonds is 9. The highest BCUT2D eigenvalue weighted by atomic mass is 16.6. The zero-order valence-electron chi connectivity index (χ0n) is 19.1. The second kappa shape index (κ2) is 10.3. The van der Waals surface area contributed by atoms with Crippen LogP contribution in [0, 0.1) is 0 Å². The van der Waals surface area contributed by atoms with Crippen molar-refractivity contribution in [3.63, 3.8) is 0 Å². The van der Waals surface area contributed by atoms with Gasteiger partial charge in [0.05, 0.1) is 27.0 Å². The molecule has 2 aromatic carbocycles. The molecule has 2 heterocycles. The average molecular weight is 478 g/mol. The van der Waals surface area contributed by atoms with Gasteiger partial charge in [-0.1, -0.05) is 17.3 Å². The summed E-state index contributed by atoms with van der Waals surface area (Å²) in [7, 11) is 3.08. The van der Waals surface area contributed by atoms with Crippen molar-refractivity contribution in [1.29, 1.82) is 0 Å². The number of hydrogen-bond acceptors (Lipinski definition) is 11. The topological polar surface area (TPSA) is 165 Å². The number of amides is 1. The molecule has 0 aliphatic heterocycles. The van der Waals surface area contributed by atoms with Gasteiger partial charge in [-0.3, -0.25) is 4.79 Å². The maximum atomic E-state index is 13.1. The quantitative estimate of drug-likeness (QED) is 0.269. The van der Waals surface area contributed by atoms with Crippen molar-refractivity contribution >= 4 is 17.9 Å². The second-order valence-corrected chi connectivity index (χ2v) is 6.94. The van der Waals surface area contributed by atoms with Gasteiger partial charge in [-0.25, -0.2) is 10.1 Å². The number of hydrazone groups is 1. The van der Waals surface area contributed by atoms with Crippen molar-refractivity contribution in [2.75, 3.05) is 26.6 Å². The van der Waals surface area contributed by atoms with E-state index in [2.05, 4.69) is 31.2 Å². The van der Waals surface area contributed by atoms with Crippen LogP contribution in [-0.4, -0.2) is 58.3 Å². The first-order valence-corrected chi connectivity index (χ1v) is 10.4. The van der Waals surface area contributed by atoms with Gasteiger partial charge < -0.3 is 19.9 Å². The largest absolute Gasteiger partial charge is 0.497 e. The molecule has 0 fully saturated rings. The number of carbonyl (C=O) groups excluding carboxylic acids is 1. The third-order valence-electron chi connectivity index (χ3n) is 4.81. The number of nitrogens with one attached hydrogen (secondary N) is 1. The summed E-state index contributed by atoms with van der Waals surface area (Å²) in [6, 6.07) is 12.3. The molecule has 0 bridgehead atoms. The van der Waals surface area contributed by atoms with Gasteiger partial charge in [0.1, 0.15) is 22.9 Å². The minimum atomic E-state index is -0.624. The van der Waals surface area contributed by atoms with Crippen LogP contribution in [0.4, 0.5) is 5.82 Å². The molecule has 3 N–H and O–H groups in total. The van der Waals surface area contributed by atoms with Gasteiger partial charge in [0.15, 0.2) is 5.69 Å². The number of ether oxygens (including phenoxy) is 3. The number of nitrogens with zero attached hydrogens (tertiary/aromatic N) is 6. The lowest BCUT2D eigenvalue weighted by atomic mass is 10.1. The summed E-state index contributed by atoms with van der Waals surface area (Å²) in [5.74, 6) is 1.19. The Labute approximate surface area is 199 Å². The number of benzene rings is 2.